The Morgan fingerprint density at radius 3 is 2.55 bits per heavy atom. The zero-order chi connectivity index (χ0) is 14.4. The molecular weight excluding hydrogens is 250 g/mol. The highest BCUT2D eigenvalue weighted by atomic mass is 16.5. The van der Waals surface area contributed by atoms with E-state index in [0.717, 1.165) is 23.5 Å². The number of rotatable bonds is 5. The summed E-state index contributed by atoms with van der Waals surface area (Å²) in [4.78, 5) is 0. The van der Waals surface area contributed by atoms with Crippen molar-refractivity contribution >= 4 is 17.1 Å². The molecule has 0 aromatic heterocycles. The minimum Gasteiger partial charge on any atom is -0.493 e. The molecule has 2 aromatic rings. The first kappa shape index (κ1) is 13.8. The van der Waals surface area contributed by atoms with Crippen molar-refractivity contribution in [3.8, 4) is 11.8 Å². The van der Waals surface area contributed by atoms with Crippen molar-refractivity contribution in [2.45, 2.75) is 13.3 Å². The summed E-state index contributed by atoms with van der Waals surface area (Å²) >= 11 is 0. The fourth-order valence-corrected chi connectivity index (χ4v) is 1.79. The lowest BCUT2D eigenvalue weighted by Gasteiger charge is -2.11. The molecule has 0 unspecified atom stereocenters. The number of nitriles is 1. The van der Waals surface area contributed by atoms with Crippen LogP contribution in [0, 0.1) is 11.3 Å². The van der Waals surface area contributed by atoms with Gasteiger partial charge in [0.1, 0.15) is 5.75 Å². The van der Waals surface area contributed by atoms with Crippen molar-refractivity contribution in [3.63, 3.8) is 0 Å². The van der Waals surface area contributed by atoms with Crippen LogP contribution < -0.4 is 15.8 Å². The third kappa shape index (κ3) is 3.66. The van der Waals surface area contributed by atoms with Gasteiger partial charge in [-0.05, 0) is 36.8 Å². The summed E-state index contributed by atoms with van der Waals surface area (Å²) in [5.41, 5.74) is 8.91. The number of nitrogens with one attached hydrogen (secondary N) is 1. The van der Waals surface area contributed by atoms with Gasteiger partial charge in [-0.15, -0.1) is 0 Å². The fourth-order valence-electron chi connectivity index (χ4n) is 1.79. The minimum absolute atomic E-state index is 0.634. The second-order valence-electron chi connectivity index (χ2n) is 4.45. The molecule has 0 heterocycles. The molecular formula is C16H17N3O. The number of nitrogens with two attached hydrogens (primary N) is 1. The summed E-state index contributed by atoms with van der Waals surface area (Å²) in [5.74, 6) is 0.753. The molecule has 0 aliphatic carbocycles. The van der Waals surface area contributed by atoms with Crippen molar-refractivity contribution in [2.24, 2.45) is 0 Å². The van der Waals surface area contributed by atoms with Gasteiger partial charge in [0.05, 0.1) is 18.2 Å². The van der Waals surface area contributed by atoms with Crippen LogP contribution in [0.2, 0.25) is 0 Å². The Bertz CT molecular complexity index is 615. The Labute approximate surface area is 118 Å². The number of benzene rings is 2. The highest BCUT2D eigenvalue weighted by molar-refractivity contribution is 5.66. The molecule has 0 fully saturated rings. The van der Waals surface area contributed by atoms with E-state index >= 15 is 0 Å². The van der Waals surface area contributed by atoms with Crippen LogP contribution in [0.4, 0.5) is 17.1 Å². The van der Waals surface area contributed by atoms with Gasteiger partial charge in [-0.1, -0.05) is 6.92 Å². The van der Waals surface area contributed by atoms with E-state index in [-0.39, 0.29) is 0 Å². The number of ether oxygens (including phenoxy) is 1. The smallest absolute Gasteiger partial charge is 0.123 e. The summed E-state index contributed by atoms with van der Waals surface area (Å²) in [7, 11) is 0. The van der Waals surface area contributed by atoms with E-state index in [1.807, 2.05) is 24.3 Å². The molecule has 0 amide bonds. The van der Waals surface area contributed by atoms with Gasteiger partial charge in [-0.25, -0.2) is 0 Å². The maximum absolute atomic E-state index is 8.77. The molecule has 0 spiro atoms. The van der Waals surface area contributed by atoms with Crippen LogP contribution in [0.1, 0.15) is 18.9 Å². The largest absolute Gasteiger partial charge is 0.493 e. The van der Waals surface area contributed by atoms with E-state index in [1.165, 1.54) is 0 Å². The first-order chi connectivity index (χ1) is 9.71. The van der Waals surface area contributed by atoms with Gasteiger partial charge < -0.3 is 15.8 Å². The van der Waals surface area contributed by atoms with Crippen LogP contribution in [0.3, 0.4) is 0 Å². The van der Waals surface area contributed by atoms with Crippen LogP contribution in [0.15, 0.2) is 42.5 Å². The molecule has 0 radical (unpaired) electrons. The molecule has 0 aliphatic rings. The number of hydrogen-bond donors (Lipinski definition) is 2. The van der Waals surface area contributed by atoms with Gasteiger partial charge in [0.2, 0.25) is 0 Å². The second kappa shape index (κ2) is 6.48. The zero-order valence-electron chi connectivity index (χ0n) is 11.4. The van der Waals surface area contributed by atoms with Gasteiger partial charge >= 0.3 is 0 Å². The maximum atomic E-state index is 8.77. The normalized spacial score (nSPS) is 9.80. The molecule has 0 saturated carbocycles. The summed E-state index contributed by atoms with van der Waals surface area (Å²) in [6, 6.07) is 14.9. The minimum atomic E-state index is 0.634. The summed E-state index contributed by atoms with van der Waals surface area (Å²) in [6.45, 7) is 2.72. The zero-order valence-corrected chi connectivity index (χ0v) is 11.4. The molecule has 2 aromatic carbocycles. The summed E-state index contributed by atoms with van der Waals surface area (Å²) < 4.78 is 5.59. The quantitative estimate of drug-likeness (QED) is 0.811. The molecule has 0 atom stereocenters. The van der Waals surface area contributed by atoms with Crippen molar-refractivity contribution in [1.82, 2.24) is 0 Å². The van der Waals surface area contributed by atoms with Gasteiger partial charge in [0, 0.05) is 29.2 Å². The Hall–Kier alpha value is -2.67. The molecule has 0 bridgehead atoms. The number of hydrogen-bond acceptors (Lipinski definition) is 4. The fraction of sp³-hybridized carbons (Fsp3) is 0.188. The van der Waals surface area contributed by atoms with E-state index in [2.05, 4.69) is 18.3 Å². The summed E-state index contributed by atoms with van der Waals surface area (Å²) in [5, 5.41) is 12.0. The molecule has 0 aliphatic heterocycles. The van der Waals surface area contributed by atoms with Crippen LogP contribution in [0.25, 0.3) is 0 Å². The topological polar surface area (TPSA) is 71.1 Å². The van der Waals surface area contributed by atoms with Crippen LogP contribution in [0.5, 0.6) is 5.75 Å². The highest BCUT2D eigenvalue weighted by Gasteiger charge is 2.01. The van der Waals surface area contributed by atoms with Gasteiger partial charge in [0.25, 0.3) is 0 Å². The molecule has 102 valence electrons. The van der Waals surface area contributed by atoms with E-state index in [4.69, 9.17) is 15.7 Å². The lowest BCUT2D eigenvalue weighted by atomic mass is 10.2. The predicted octanol–water partition coefficient (Wildman–Crippen LogP) is 3.67. The number of anilines is 3. The molecule has 0 saturated heterocycles. The first-order valence-electron chi connectivity index (χ1n) is 6.52. The van der Waals surface area contributed by atoms with Crippen molar-refractivity contribution in [2.75, 3.05) is 17.7 Å². The first-order valence-corrected chi connectivity index (χ1v) is 6.52. The number of nitrogen functional groups attached to an aromatic ring is 1. The molecule has 3 N–H and O–H groups in total. The molecule has 4 heteroatoms. The third-order valence-electron chi connectivity index (χ3n) is 2.70. The number of nitrogens with zero attached hydrogens (tertiary/aromatic N) is 1. The second-order valence-corrected chi connectivity index (χ2v) is 4.45. The lowest BCUT2D eigenvalue weighted by molar-refractivity contribution is 0.318. The van der Waals surface area contributed by atoms with E-state index in [0.29, 0.717) is 17.9 Å². The third-order valence-corrected chi connectivity index (χ3v) is 2.70. The SMILES string of the molecule is CCCOc1cc(N)cc(Nc2ccc(C#N)cc2)c1. The van der Waals surface area contributed by atoms with E-state index < -0.39 is 0 Å². The standard InChI is InChI=1S/C16H17N3O/c1-2-7-20-16-9-13(18)8-15(10-16)19-14-5-3-12(11-17)4-6-14/h3-6,8-10,19H,2,7,18H2,1H3. The average molecular weight is 267 g/mol. The highest BCUT2D eigenvalue weighted by Crippen LogP contribution is 2.25. The van der Waals surface area contributed by atoms with Crippen molar-refractivity contribution in [1.29, 1.82) is 5.26 Å². The molecule has 4 nitrogen and oxygen atoms in total. The average Bonchev–Trinajstić information content (AvgIpc) is 2.45. The Balaban J connectivity index is 2.15. The molecule has 20 heavy (non-hydrogen) atoms. The van der Waals surface area contributed by atoms with Crippen LogP contribution in [-0.2, 0) is 0 Å². The van der Waals surface area contributed by atoms with Gasteiger partial charge in [-0.2, -0.15) is 5.26 Å². The van der Waals surface area contributed by atoms with Crippen LogP contribution in [-0.4, -0.2) is 6.61 Å². The Morgan fingerprint density at radius 2 is 1.90 bits per heavy atom. The monoisotopic (exact) mass is 267 g/mol. The maximum Gasteiger partial charge on any atom is 0.123 e. The predicted molar refractivity (Wildman–Crippen MR) is 81.1 cm³/mol. The molecule has 2 rings (SSSR count). The van der Waals surface area contributed by atoms with Crippen molar-refractivity contribution in [3.05, 3.63) is 48.0 Å². The Kier molecular flexibility index (Phi) is 4.46. The van der Waals surface area contributed by atoms with E-state index in [9.17, 15) is 0 Å². The van der Waals surface area contributed by atoms with Gasteiger partial charge in [0.15, 0.2) is 0 Å². The summed E-state index contributed by atoms with van der Waals surface area (Å²) in [6.07, 6.45) is 0.952. The lowest BCUT2D eigenvalue weighted by Crippen LogP contribution is -1.98. The van der Waals surface area contributed by atoms with Crippen molar-refractivity contribution < 1.29 is 4.74 Å². The Morgan fingerprint density at radius 1 is 1.15 bits per heavy atom. The van der Waals surface area contributed by atoms with Crippen LogP contribution >= 0.6 is 0 Å². The van der Waals surface area contributed by atoms with Gasteiger partial charge in [-0.3, -0.25) is 0 Å². The van der Waals surface area contributed by atoms with E-state index in [1.54, 1.807) is 18.2 Å².